The van der Waals surface area contributed by atoms with E-state index < -0.39 is 5.92 Å². The van der Waals surface area contributed by atoms with Crippen LogP contribution in [0.5, 0.6) is 0 Å². The van der Waals surface area contributed by atoms with Gasteiger partial charge in [0.05, 0.1) is 23.7 Å². The molecular formula is C34H43N9O3. The molecule has 4 aromatic rings. The van der Waals surface area contributed by atoms with Gasteiger partial charge in [-0.05, 0) is 62.9 Å². The fourth-order valence-electron chi connectivity index (χ4n) is 7.40. The third-order valence-electron chi connectivity index (χ3n) is 10.1. The Bertz CT molecular complexity index is 1690. The van der Waals surface area contributed by atoms with Gasteiger partial charge in [-0.15, -0.1) is 5.10 Å². The average Bonchev–Trinajstić information content (AvgIpc) is 3.75. The first-order valence-electron chi connectivity index (χ1n) is 16.7. The maximum atomic E-state index is 14.1. The lowest BCUT2D eigenvalue weighted by Crippen LogP contribution is -2.55. The number of H-pyrrole nitrogens is 2. The molecule has 3 fully saturated rings. The van der Waals surface area contributed by atoms with E-state index in [1.54, 1.807) is 6.20 Å². The molecule has 3 N–H and O–H groups in total. The predicted molar refractivity (Wildman–Crippen MR) is 175 cm³/mol. The van der Waals surface area contributed by atoms with E-state index in [-0.39, 0.29) is 30.0 Å². The van der Waals surface area contributed by atoms with E-state index in [0.29, 0.717) is 57.3 Å². The van der Waals surface area contributed by atoms with Crippen LogP contribution in [-0.2, 0) is 16.0 Å². The van der Waals surface area contributed by atoms with Gasteiger partial charge in [0.25, 0.3) is 0 Å². The van der Waals surface area contributed by atoms with E-state index in [9.17, 15) is 14.4 Å². The zero-order valence-electron chi connectivity index (χ0n) is 26.2. The lowest BCUT2D eigenvalue weighted by Gasteiger charge is -2.41. The molecule has 2 aromatic heterocycles. The Morgan fingerprint density at radius 1 is 0.870 bits per heavy atom. The van der Waals surface area contributed by atoms with E-state index in [0.717, 1.165) is 61.1 Å². The molecule has 1 unspecified atom stereocenters. The molecule has 2 amide bonds. The quantitative estimate of drug-likeness (QED) is 0.274. The van der Waals surface area contributed by atoms with Gasteiger partial charge in [-0.25, -0.2) is 9.48 Å². The van der Waals surface area contributed by atoms with E-state index in [2.05, 4.69) is 36.6 Å². The first-order chi connectivity index (χ1) is 22.5. The summed E-state index contributed by atoms with van der Waals surface area (Å²) in [5.41, 5.74) is 2.61. The molecule has 3 aliphatic heterocycles. The van der Waals surface area contributed by atoms with E-state index in [1.165, 1.54) is 4.68 Å². The van der Waals surface area contributed by atoms with Crippen LogP contribution in [0.2, 0.25) is 0 Å². The second-order valence-electron chi connectivity index (χ2n) is 12.9. The summed E-state index contributed by atoms with van der Waals surface area (Å²) in [7, 11) is 0. The first-order valence-corrected chi connectivity index (χ1v) is 16.7. The minimum atomic E-state index is -0.442. The number of hydrogen-bond acceptors (Lipinski definition) is 7. The van der Waals surface area contributed by atoms with Crippen LogP contribution in [0.15, 0.2) is 59.5 Å². The molecule has 0 bridgehead atoms. The third kappa shape index (κ3) is 6.63. The number of aromatic amines is 2. The first kappa shape index (κ1) is 30.4. The maximum Gasteiger partial charge on any atom is 0.343 e. The van der Waals surface area contributed by atoms with Crippen LogP contribution < -0.4 is 11.0 Å². The largest absolute Gasteiger partial charge is 0.343 e. The number of benzene rings is 2. The van der Waals surface area contributed by atoms with Gasteiger partial charge in [-0.3, -0.25) is 24.6 Å². The van der Waals surface area contributed by atoms with Gasteiger partial charge in [-0.2, -0.15) is 5.10 Å². The van der Waals surface area contributed by atoms with Gasteiger partial charge in [0.15, 0.2) is 5.82 Å². The summed E-state index contributed by atoms with van der Waals surface area (Å²) in [4.78, 5) is 49.8. The van der Waals surface area contributed by atoms with Crippen molar-refractivity contribution >= 4 is 22.7 Å². The van der Waals surface area contributed by atoms with Crippen molar-refractivity contribution in [2.45, 2.75) is 50.6 Å². The molecule has 2 aromatic carbocycles. The normalized spacial score (nSPS) is 19.5. The second-order valence-corrected chi connectivity index (χ2v) is 12.9. The Labute approximate surface area is 268 Å². The van der Waals surface area contributed by atoms with E-state index in [1.807, 2.05) is 52.3 Å². The number of piperidine rings is 2. The SMILES string of the molecule is O=C(CC(Cc1ccc2[nH]ncc2c1)C(=O)N1CCN(C2CCNCC2)CC1)N1CCC(n2nc(-c3ccccc3)[nH]c2=O)CC1. The number of amides is 2. The van der Waals surface area contributed by atoms with Crippen LogP contribution in [0.3, 0.4) is 0 Å². The zero-order chi connectivity index (χ0) is 31.5. The third-order valence-corrected chi connectivity index (χ3v) is 10.1. The standard InChI is InChI=1S/C34H43N9O3/c44-31(41-14-10-29(11-15-41)43-34(46)37-32(39-43)25-4-2-1-3-5-25)22-26(20-24-6-7-30-27(21-24)23-36-38-30)33(45)42-18-16-40(17-19-42)28-8-12-35-13-9-28/h1-7,21,23,26,28-29,35H,8-20,22H2,(H,36,38)(H,37,39,46). The summed E-state index contributed by atoms with van der Waals surface area (Å²) in [6.07, 6.45) is 6.04. The Balaban J connectivity index is 1.01. The fourth-order valence-corrected chi connectivity index (χ4v) is 7.40. The van der Waals surface area contributed by atoms with Crippen LogP contribution in [0, 0.1) is 5.92 Å². The molecule has 12 nitrogen and oxygen atoms in total. The van der Waals surface area contributed by atoms with Crippen LogP contribution >= 0.6 is 0 Å². The highest BCUT2D eigenvalue weighted by molar-refractivity contribution is 5.86. The molecule has 0 spiro atoms. The van der Waals surface area contributed by atoms with Crippen molar-refractivity contribution in [3.05, 3.63) is 70.8 Å². The number of piperazine rings is 1. The molecule has 242 valence electrons. The summed E-state index contributed by atoms with van der Waals surface area (Å²) in [6, 6.07) is 16.2. The van der Waals surface area contributed by atoms with Gasteiger partial charge >= 0.3 is 5.69 Å². The zero-order valence-corrected chi connectivity index (χ0v) is 26.2. The van der Waals surface area contributed by atoms with Gasteiger partial charge < -0.3 is 15.1 Å². The minimum absolute atomic E-state index is 0.00567. The summed E-state index contributed by atoms with van der Waals surface area (Å²) in [6.45, 7) is 6.32. The molecule has 0 saturated carbocycles. The molecular weight excluding hydrogens is 582 g/mol. The Hall–Kier alpha value is -4.29. The van der Waals surface area contributed by atoms with Crippen molar-refractivity contribution in [2.24, 2.45) is 5.92 Å². The Kier molecular flexibility index (Phi) is 8.98. The topological polar surface area (TPSA) is 135 Å². The van der Waals surface area contributed by atoms with Crippen molar-refractivity contribution < 1.29 is 9.59 Å². The summed E-state index contributed by atoms with van der Waals surface area (Å²) < 4.78 is 1.53. The lowest BCUT2D eigenvalue weighted by molar-refractivity contribution is -0.143. The number of rotatable bonds is 8. The molecule has 7 rings (SSSR count). The van der Waals surface area contributed by atoms with E-state index >= 15 is 0 Å². The minimum Gasteiger partial charge on any atom is -0.343 e. The molecule has 0 aliphatic carbocycles. The van der Waals surface area contributed by atoms with Crippen molar-refractivity contribution in [1.29, 1.82) is 0 Å². The van der Waals surface area contributed by atoms with E-state index in [4.69, 9.17) is 0 Å². The molecule has 3 aliphatic rings. The number of nitrogens with one attached hydrogen (secondary N) is 3. The van der Waals surface area contributed by atoms with Crippen molar-refractivity contribution in [3.63, 3.8) is 0 Å². The van der Waals surface area contributed by atoms with Crippen molar-refractivity contribution in [1.82, 2.24) is 45.0 Å². The van der Waals surface area contributed by atoms with Crippen LogP contribution in [0.1, 0.15) is 43.7 Å². The molecule has 0 radical (unpaired) electrons. The average molecular weight is 626 g/mol. The Morgan fingerprint density at radius 3 is 2.39 bits per heavy atom. The molecule has 3 saturated heterocycles. The highest BCUT2D eigenvalue weighted by Gasteiger charge is 2.34. The number of hydrogen-bond donors (Lipinski definition) is 3. The number of nitrogens with zero attached hydrogens (tertiary/aromatic N) is 6. The van der Waals surface area contributed by atoms with Crippen LogP contribution in [0.25, 0.3) is 22.3 Å². The van der Waals surface area contributed by atoms with Crippen molar-refractivity contribution in [3.8, 4) is 11.4 Å². The van der Waals surface area contributed by atoms with Gasteiger partial charge in [0.1, 0.15) is 0 Å². The second kappa shape index (κ2) is 13.6. The fraction of sp³-hybridized carbons (Fsp3) is 0.500. The van der Waals surface area contributed by atoms with Gasteiger partial charge in [0.2, 0.25) is 11.8 Å². The number of carbonyl (C=O) groups is 2. The highest BCUT2D eigenvalue weighted by Crippen LogP contribution is 2.26. The van der Waals surface area contributed by atoms with Gasteiger partial charge in [-0.1, -0.05) is 36.4 Å². The summed E-state index contributed by atoms with van der Waals surface area (Å²) in [5, 5.41) is 16.1. The molecule has 12 heteroatoms. The lowest BCUT2D eigenvalue weighted by atomic mass is 9.92. The molecule has 46 heavy (non-hydrogen) atoms. The van der Waals surface area contributed by atoms with Crippen LogP contribution in [0.4, 0.5) is 0 Å². The summed E-state index contributed by atoms with van der Waals surface area (Å²) in [5.74, 6) is 0.170. The monoisotopic (exact) mass is 625 g/mol. The van der Waals surface area contributed by atoms with Crippen LogP contribution in [-0.4, -0.2) is 110 Å². The number of carbonyl (C=O) groups excluding carboxylic acids is 2. The molecule has 1 atom stereocenters. The molecule has 5 heterocycles. The Morgan fingerprint density at radius 2 is 1.63 bits per heavy atom. The van der Waals surface area contributed by atoms with Crippen molar-refractivity contribution in [2.75, 3.05) is 52.4 Å². The highest BCUT2D eigenvalue weighted by atomic mass is 16.2. The maximum absolute atomic E-state index is 14.1. The van der Waals surface area contributed by atoms with Gasteiger partial charge in [0, 0.05) is 62.7 Å². The number of fused-ring (bicyclic) bond motifs is 1. The number of aromatic nitrogens is 5. The predicted octanol–water partition coefficient (Wildman–Crippen LogP) is 2.42. The summed E-state index contributed by atoms with van der Waals surface area (Å²) >= 11 is 0. The smallest absolute Gasteiger partial charge is 0.343 e. The number of likely N-dealkylation sites (tertiary alicyclic amines) is 1.